The molecule has 1 unspecified atom stereocenters. The van der Waals surface area contributed by atoms with Crippen LogP contribution >= 0.6 is 0 Å². The van der Waals surface area contributed by atoms with E-state index in [1.165, 1.54) is 5.56 Å². The summed E-state index contributed by atoms with van der Waals surface area (Å²) in [5.41, 5.74) is 1.20. The fourth-order valence-electron chi connectivity index (χ4n) is 1.47. The summed E-state index contributed by atoms with van der Waals surface area (Å²) in [6.07, 6.45) is 0.517. The van der Waals surface area contributed by atoms with E-state index in [4.69, 9.17) is 4.74 Å². The summed E-state index contributed by atoms with van der Waals surface area (Å²) in [4.78, 5) is 0. The van der Waals surface area contributed by atoms with Crippen molar-refractivity contribution in [3.8, 4) is 5.75 Å². The molecule has 1 aromatic carbocycles. The molecule has 0 spiro atoms. The molecule has 3 nitrogen and oxygen atoms in total. The number of ether oxygens (including phenoxy) is 1. The number of hydrogen-bond acceptors (Lipinski definition) is 3. The minimum absolute atomic E-state index is 0.243. The molecule has 0 aliphatic heterocycles. The summed E-state index contributed by atoms with van der Waals surface area (Å²) >= 11 is 0. The second kappa shape index (κ2) is 6.51. The van der Waals surface area contributed by atoms with E-state index in [0.717, 1.165) is 12.2 Å². The Bertz CT molecular complexity index is 297. The molecule has 0 bridgehead atoms. The average Bonchev–Trinajstić information content (AvgIpc) is 2.35. The third-order valence-electron chi connectivity index (χ3n) is 2.75. The van der Waals surface area contributed by atoms with Gasteiger partial charge in [-0.1, -0.05) is 19.1 Å². The largest absolute Gasteiger partial charge is 0.497 e. The fourth-order valence-corrected chi connectivity index (χ4v) is 1.47. The number of aliphatic hydroxyl groups is 1. The van der Waals surface area contributed by atoms with Crippen LogP contribution in [0.25, 0.3) is 0 Å². The first kappa shape index (κ1) is 13.0. The Kier molecular flexibility index (Phi) is 5.29. The molecule has 0 radical (unpaired) electrons. The molecule has 0 aliphatic carbocycles. The Hall–Kier alpha value is -1.06. The number of methoxy groups -OCH3 is 1. The summed E-state index contributed by atoms with van der Waals surface area (Å²) < 4.78 is 5.10. The van der Waals surface area contributed by atoms with Crippen LogP contribution in [0.4, 0.5) is 0 Å². The third-order valence-corrected chi connectivity index (χ3v) is 2.75. The minimum atomic E-state index is -0.263. The van der Waals surface area contributed by atoms with Gasteiger partial charge in [-0.3, -0.25) is 0 Å². The number of benzene rings is 1. The van der Waals surface area contributed by atoms with Gasteiger partial charge in [0.1, 0.15) is 5.75 Å². The minimum Gasteiger partial charge on any atom is -0.497 e. The Balaban J connectivity index is 2.49. The number of nitrogens with one attached hydrogen (secondary N) is 1. The van der Waals surface area contributed by atoms with E-state index >= 15 is 0 Å². The zero-order valence-electron chi connectivity index (χ0n) is 10.2. The van der Waals surface area contributed by atoms with E-state index in [-0.39, 0.29) is 12.1 Å². The van der Waals surface area contributed by atoms with Crippen LogP contribution in [0, 0.1) is 0 Å². The molecule has 0 fully saturated rings. The van der Waals surface area contributed by atoms with Crippen LogP contribution in [0.15, 0.2) is 24.3 Å². The number of hydrogen-bond donors (Lipinski definition) is 2. The van der Waals surface area contributed by atoms with Crippen molar-refractivity contribution in [2.24, 2.45) is 0 Å². The molecule has 16 heavy (non-hydrogen) atoms. The van der Waals surface area contributed by atoms with E-state index in [9.17, 15) is 5.11 Å². The fraction of sp³-hybridized carbons (Fsp3) is 0.538. The highest BCUT2D eigenvalue weighted by Gasteiger charge is 2.07. The second-order valence-electron chi connectivity index (χ2n) is 3.97. The van der Waals surface area contributed by atoms with E-state index in [0.29, 0.717) is 6.54 Å². The lowest BCUT2D eigenvalue weighted by Gasteiger charge is -2.16. The van der Waals surface area contributed by atoms with Crippen molar-refractivity contribution in [3.63, 3.8) is 0 Å². The summed E-state index contributed by atoms with van der Waals surface area (Å²) in [6, 6.07) is 8.21. The molecule has 0 amide bonds. The van der Waals surface area contributed by atoms with Gasteiger partial charge in [0.05, 0.1) is 13.2 Å². The molecule has 0 aliphatic rings. The molecule has 1 aromatic rings. The SMILES string of the molecule is CCC(O)CN[C@H](C)c1ccc(OC)cc1. The van der Waals surface area contributed by atoms with Crippen LogP contribution in [-0.2, 0) is 0 Å². The van der Waals surface area contributed by atoms with E-state index < -0.39 is 0 Å². The maximum atomic E-state index is 9.45. The molecule has 90 valence electrons. The molecular weight excluding hydrogens is 202 g/mol. The normalized spacial score (nSPS) is 14.5. The van der Waals surface area contributed by atoms with Crippen molar-refractivity contribution in [1.82, 2.24) is 5.32 Å². The molecular formula is C13H21NO2. The van der Waals surface area contributed by atoms with Gasteiger partial charge in [-0.15, -0.1) is 0 Å². The molecule has 0 aromatic heterocycles. The monoisotopic (exact) mass is 223 g/mol. The highest BCUT2D eigenvalue weighted by molar-refractivity contribution is 5.28. The van der Waals surface area contributed by atoms with Gasteiger partial charge in [0.25, 0.3) is 0 Å². The molecule has 0 heterocycles. The summed E-state index contributed by atoms with van der Waals surface area (Å²) in [5.74, 6) is 0.865. The van der Waals surface area contributed by atoms with Crippen molar-refractivity contribution in [2.45, 2.75) is 32.4 Å². The first-order valence-electron chi connectivity index (χ1n) is 5.72. The number of rotatable bonds is 6. The van der Waals surface area contributed by atoms with Crippen LogP contribution in [0.3, 0.4) is 0 Å². The quantitative estimate of drug-likeness (QED) is 0.776. The van der Waals surface area contributed by atoms with Crippen molar-refractivity contribution in [1.29, 1.82) is 0 Å². The van der Waals surface area contributed by atoms with Gasteiger partial charge in [-0.05, 0) is 31.0 Å². The van der Waals surface area contributed by atoms with Crippen molar-refractivity contribution in [2.75, 3.05) is 13.7 Å². The Morgan fingerprint density at radius 2 is 1.94 bits per heavy atom. The van der Waals surface area contributed by atoms with Gasteiger partial charge >= 0.3 is 0 Å². The third kappa shape index (κ3) is 3.83. The predicted octanol–water partition coefficient (Wildman–Crippen LogP) is 2.12. The Morgan fingerprint density at radius 3 is 2.44 bits per heavy atom. The van der Waals surface area contributed by atoms with Crippen LogP contribution in [0.1, 0.15) is 31.9 Å². The van der Waals surface area contributed by atoms with Crippen molar-refractivity contribution in [3.05, 3.63) is 29.8 Å². The van der Waals surface area contributed by atoms with Gasteiger partial charge < -0.3 is 15.2 Å². The first-order valence-corrected chi connectivity index (χ1v) is 5.72. The predicted molar refractivity (Wildman–Crippen MR) is 65.7 cm³/mol. The van der Waals surface area contributed by atoms with Crippen LogP contribution in [-0.4, -0.2) is 24.9 Å². The van der Waals surface area contributed by atoms with E-state index in [2.05, 4.69) is 12.2 Å². The molecule has 0 saturated carbocycles. The van der Waals surface area contributed by atoms with Gasteiger partial charge in [0, 0.05) is 12.6 Å². The van der Waals surface area contributed by atoms with E-state index in [1.54, 1.807) is 7.11 Å². The zero-order chi connectivity index (χ0) is 12.0. The zero-order valence-corrected chi connectivity index (χ0v) is 10.2. The Labute approximate surface area is 97.4 Å². The van der Waals surface area contributed by atoms with Gasteiger partial charge in [-0.25, -0.2) is 0 Å². The van der Waals surface area contributed by atoms with Crippen LogP contribution in [0.2, 0.25) is 0 Å². The van der Waals surface area contributed by atoms with Gasteiger partial charge in [-0.2, -0.15) is 0 Å². The highest BCUT2D eigenvalue weighted by atomic mass is 16.5. The van der Waals surface area contributed by atoms with Crippen molar-refractivity contribution >= 4 is 0 Å². The first-order chi connectivity index (χ1) is 7.67. The molecule has 0 saturated heterocycles. The lowest BCUT2D eigenvalue weighted by Crippen LogP contribution is -2.28. The highest BCUT2D eigenvalue weighted by Crippen LogP contribution is 2.17. The van der Waals surface area contributed by atoms with Crippen LogP contribution < -0.4 is 10.1 Å². The second-order valence-corrected chi connectivity index (χ2v) is 3.97. The molecule has 2 N–H and O–H groups in total. The summed E-state index contributed by atoms with van der Waals surface area (Å²) in [7, 11) is 1.66. The standard InChI is InChI=1S/C13H21NO2/c1-4-12(15)9-14-10(2)11-5-7-13(16-3)8-6-11/h5-8,10,12,14-15H,4,9H2,1-3H3/t10-,12?/m1/s1. The van der Waals surface area contributed by atoms with Gasteiger partial charge in [0.15, 0.2) is 0 Å². The number of aliphatic hydroxyl groups excluding tert-OH is 1. The lowest BCUT2D eigenvalue weighted by molar-refractivity contribution is 0.164. The molecule has 1 rings (SSSR count). The maximum Gasteiger partial charge on any atom is 0.118 e. The molecule has 3 heteroatoms. The van der Waals surface area contributed by atoms with Crippen molar-refractivity contribution < 1.29 is 9.84 Å². The summed E-state index contributed by atoms with van der Waals surface area (Å²) in [5, 5.41) is 12.7. The summed E-state index contributed by atoms with van der Waals surface area (Å²) in [6.45, 7) is 4.69. The lowest BCUT2D eigenvalue weighted by atomic mass is 10.1. The Morgan fingerprint density at radius 1 is 1.31 bits per heavy atom. The average molecular weight is 223 g/mol. The smallest absolute Gasteiger partial charge is 0.118 e. The maximum absolute atomic E-state index is 9.45. The van der Waals surface area contributed by atoms with Crippen LogP contribution in [0.5, 0.6) is 5.75 Å². The molecule has 2 atom stereocenters. The van der Waals surface area contributed by atoms with Gasteiger partial charge in [0.2, 0.25) is 0 Å². The van der Waals surface area contributed by atoms with E-state index in [1.807, 2.05) is 31.2 Å². The topological polar surface area (TPSA) is 41.5 Å².